The average molecular weight is 155 g/mol. The molecule has 1 fully saturated rings. The minimum absolute atomic E-state index is 0.115. The highest BCUT2D eigenvalue weighted by atomic mass is 16.1. The lowest BCUT2D eigenvalue weighted by molar-refractivity contribution is -0.126. The maximum atomic E-state index is 11.0. The number of hydrogen-bond donors (Lipinski definition) is 0. The number of likely N-dealkylation sites (tertiary alicyclic amines) is 1. The smallest absolute Gasteiger partial charge is 0.138 e. The molecule has 1 rings (SSSR count). The molecule has 1 atom stereocenters. The second-order valence-corrected chi connectivity index (χ2v) is 3.04. The second kappa shape index (κ2) is 3.62. The van der Waals surface area contributed by atoms with Crippen LogP contribution in [0.25, 0.3) is 0 Å². The van der Waals surface area contributed by atoms with Crippen molar-refractivity contribution in [3.8, 4) is 0 Å². The molecule has 3 heteroatoms. The normalized spacial score (nSPS) is 27.0. The molecule has 0 aromatic rings. The van der Waals surface area contributed by atoms with Crippen LogP contribution in [0, 0.1) is 5.92 Å². The molecule has 0 amide bonds. The van der Waals surface area contributed by atoms with Crippen molar-refractivity contribution < 1.29 is 9.59 Å². The molecule has 0 bridgehead atoms. The third-order valence-corrected chi connectivity index (χ3v) is 2.09. The summed E-state index contributed by atoms with van der Waals surface area (Å²) in [5.41, 5.74) is 0. The minimum atomic E-state index is 0.115. The molecule has 11 heavy (non-hydrogen) atoms. The van der Waals surface area contributed by atoms with Crippen molar-refractivity contribution in [1.82, 2.24) is 4.90 Å². The number of Topliss-reactive ketones (excluding diaryl/α,β-unsaturated/α-hetero) is 1. The van der Waals surface area contributed by atoms with Crippen molar-refractivity contribution >= 4 is 12.1 Å². The molecular formula is C8H13NO2. The molecule has 0 aromatic carbocycles. The van der Waals surface area contributed by atoms with Gasteiger partial charge in [0, 0.05) is 25.4 Å². The van der Waals surface area contributed by atoms with E-state index < -0.39 is 0 Å². The van der Waals surface area contributed by atoms with Gasteiger partial charge in [-0.25, -0.2) is 0 Å². The number of piperidine rings is 1. The summed E-state index contributed by atoms with van der Waals surface area (Å²) >= 11 is 0. The van der Waals surface area contributed by atoms with Crippen LogP contribution in [-0.4, -0.2) is 36.6 Å². The quantitative estimate of drug-likeness (QED) is 0.531. The topological polar surface area (TPSA) is 37.4 Å². The Hall–Kier alpha value is -0.700. The Kier molecular flexibility index (Phi) is 2.76. The van der Waals surface area contributed by atoms with E-state index in [2.05, 4.69) is 0 Å². The van der Waals surface area contributed by atoms with Gasteiger partial charge in [0.2, 0.25) is 0 Å². The molecule has 0 N–H and O–H groups in total. The van der Waals surface area contributed by atoms with Gasteiger partial charge in [-0.3, -0.25) is 9.69 Å². The van der Waals surface area contributed by atoms with E-state index in [-0.39, 0.29) is 5.92 Å². The van der Waals surface area contributed by atoms with Gasteiger partial charge in [-0.2, -0.15) is 0 Å². The van der Waals surface area contributed by atoms with Crippen LogP contribution in [0.5, 0.6) is 0 Å². The van der Waals surface area contributed by atoms with Crippen molar-refractivity contribution in [1.29, 1.82) is 0 Å². The van der Waals surface area contributed by atoms with Gasteiger partial charge in [-0.05, 0) is 0 Å². The summed E-state index contributed by atoms with van der Waals surface area (Å²) in [5, 5.41) is 0. The van der Waals surface area contributed by atoms with E-state index >= 15 is 0 Å². The first-order valence-corrected chi connectivity index (χ1v) is 3.92. The molecule has 0 radical (unpaired) electrons. The fourth-order valence-electron chi connectivity index (χ4n) is 1.37. The molecule has 62 valence electrons. The van der Waals surface area contributed by atoms with Crippen LogP contribution in [0.4, 0.5) is 0 Å². The Labute approximate surface area is 66.4 Å². The lowest BCUT2D eigenvalue weighted by atomic mass is 9.99. The monoisotopic (exact) mass is 155 g/mol. The number of hydrogen-bond acceptors (Lipinski definition) is 3. The van der Waals surface area contributed by atoms with Crippen LogP contribution >= 0.6 is 0 Å². The first kappa shape index (κ1) is 8.40. The molecule has 0 saturated carbocycles. The molecule has 1 aliphatic rings. The van der Waals surface area contributed by atoms with E-state index in [9.17, 15) is 9.59 Å². The Morgan fingerprint density at radius 2 is 2.45 bits per heavy atom. The van der Waals surface area contributed by atoms with E-state index in [0.29, 0.717) is 18.7 Å². The van der Waals surface area contributed by atoms with Gasteiger partial charge in [0.15, 0.2) is 0 Å². The van der Waals surface area contributed by atoms with Gasteiger partial charge >= 0.3 is 0 Å². The lowest BCUT2D eigenvalue weighted by Gasteiger charge is -2.27. The van der Waals surface area contributed by atoms with Crippen molar-refractivity contribution in [3.05, 3.63) is 0 Å². The number of carbonyl (C=O) groups is 2. The molecule has 1 unspecified atom stereocenters. The summed E-state index contributed by atoms with van der Waals surface area (Å²) < 4.78 is 0. The number of carbonyl (C=O) groups excluding carboxylic acids is 2. The van der Waals surface area contributed by atoms with Crippen molar-refractivity contribution in [3.63, 3.8) is 0 Å². The van der Waals surface area contributed by atoms with Crippen LogP contribution in [0.2, 0.25) is 0 Å². The minimum Gasteiger partial charge on any atom is -0.302 e. The Morgan fingerprint density at radius 3 is 3.00 bits per heavy atom. The predicted molar refractivity (Wildman–Crippen MR) is 41.3 cm³/mol. The van der Waals surface area contributed by atoms with Gasteiger partial charge in [-0.15, -0.1) is 0 Å². The van der Waals surface area contributed by atoms with Crippen molar-refractivity contribution in [2.75, 3.05) is 19.6 Å². The molecule has 1 aliphatic heterocycles. The third kappa shape index (κ3) is 2.12. The van der Waals surface area contributed by atoms with Gasteiger partial charge in [0.25, 0.3) is 0 Å². The van der Waals surface area contributed by atoms with Crippen LogP contribution in [-0.2, 0) is 9.59 Å². The fourth-order valence-corrected chi connectivity index (χ4v) is 1.37. The average Bonchev–Trinajstić information content (AvgIpc) is 1.98. The highest BCUT2D eigenvalue weighted by molar-refractivity contribution is 5.81. The SMILES string of the molecule is CC1CN(CC=O)CCC1=O. The third-order valence-electron chi connectivity index (χ3n) is 2.09. The summed E-state index contributed by atoms with van der Waals surface area (Å²) in [4.78, 5) is 23.2. The lowest BCUT2D eigenvalue weighted by Crippen LogP contribution is -2.40. The van der Waals surface area contributed by atoms with Crippen molar-refractivity contribution in [2.24, 2.45) is 5.92 Å². The zero-order valence-electron chi connectivity index (χ0n) is 6.75. The largest absolute Gasteiger partial charge is 0.302 e. The first-order valence-electron chi connectivity index (χ1n) is 3.92. The summed E-state index contributed by atoms with van der Waals surface area (Å²) in [5.74, 6) is 0.441. The van der Waals surface area contributed by atoms with Crippen LogP contribution in [0.15, 0.2) is 0 Å². The summed E-state index contributed by atoms with van der Waals surface area (Å²) in [7, 11) is 0. The number of nitrogens with zero attached hydrogens (tertiary/aromatic N) is 1. The maximum absolute atomic E-state index is 11.0. The fraction of sp³-hybridized carbons (Fsp3) is 0.750. The van der Waals surface area contributed by atoms with Gasteiger partial charge in [-0.1, -0.05) is 6.92 Å². The van der Waals surface area contributed by atoms with E-state index in [1.165, 1.54) is 0 Å². The predicted octanol–water partition coefficient (Wildman–Crippen LogP) is 0.0962. The molecule has 0 aromatic heterocycles. The molecule has 1 heterocycles. The van der Waals surface area contributed by atoms with Crippen LogP contribution in [0.3, 0.4) is 0 Å². The highest BCUT2D eigenvalue weighted by Crippen LogP contribution is 2.10. The second-order valence-electron chi connectivity index (χ2n) is 3.04. The van der Waals surface area contributed by atoms with Gasteiger partial charge in [0.05, 0.1) is 6.54 Å². The standard InChI is InChI=1S/C8H13NO2/c1-7-6-9(4-5-10)3-2-8(7)11/h5,7H,2-4,6H2,1H3. The summed E-state index contributed by atoms with van der Waals surface area (Å²) in [6, 6.07) is 0. The molecule has 1 saturated heterocycles. The van der Waals surface area contributed by atoms with Crippen LogP contribution in [0.1, 0.15) is 13.3 Å². The van der Waals surface area contributed by atoms with Gasteiger partial charge in [0.1, 0.15) is 12.1 Å². The Morgan fingerprint density at radius 1 is 1.73 bits per heavy atom. The van der Waals surface area contributed by atoms with E-state index in [1.807, 2.05) is 11.8 Å². The van der Waals surface area contributed by atoms with Gasteiger partial charge < -0.3 is 4.79 Å². The maximum Gasteiger partial charge on any atom is 0.138 e. The zero-order valence-corrected chi connectivity index (χ0v) is 6.75. The summed E-state index contributed by atoms with van der Waals surface area (Å²) in [6.45, 7) is 3.89. The van der Waals surface area contributed by atoms with E-state index in [4.69, 9.17) is 0 Å². The number of ketones is 1. The Balaban J connectivity index is 2.39. The molecule has 3 nitrogen and oxygen atoms in total. The number of aldehydes is 1. The number of rotatable bonds is 2. The summed E-state index contributed by atoms with van der Waals surface area (Å²) in [6.07, 6.45) is 1.50. The zero-order chi connectivity index (χ0) is 8.27. The Bertz CT molecular complexity index is 167. The van der Waals surface area contributed by atoms with E-state index in [0.717, 1.165) is 19.4 Å². The van der Waals surface area contributed by atoms with E-state index in [1.54, 1.807) is 0 Å². The molecule has 0 spiro atoms. The first-order chi connectivity index (χ1) is 5.24. The molecular weight excluding hydrogens is 142 g/mol. The molecule has 0 aliphatic carbocycles. The van der Waals surface area contributed by atoms with Crippen LogP contribution < -0.4 is 0 Å². The highest BCUT2D eigenvalue weighted by Gasteiger charge is 2.22. The van der Waals surface area contributed by atoms with Crippen molar-refractivity contribution in [2.45, 2.75) is 13.3 Å².